The molecule has 5 rings (SSSR count). The molecule has 1 aromatic carbocycles. The normalized spacial score (nSPS) is 20.6. The highest BCUT2D eigenvalue weighted by molar-refractivity contribution is 5.88. The Morgan fingerprint density at radius 3 is 2.93 bits per heavy atom. The first-order chi connectivity index (χ1) is 14.2. The van der Waals surface area contributed by atoms with Crippen LogP contribution in [0.25, 0.3) is 10.9 Å². The van der Waals surface area contributed by atoms with E-state index in [9.17, 15) is 4.79 Å². The molecule has 0 aliphatic carbocycles. The van der Waals surface area contributed by atoms with Crippen molar-refractivity contribution in [3.05, 3.63) is 47.7 Å². The number of H-pyrrole nitrogens is 1. The number of carbonyl (C=O) groups is 1. The number of hydrogen-bond acceptors (Lipinski definition) is 4. The van der Waals surface area contributed by atoms with Crippen molar-refractivity contribution in [2.45, 2.75) is 44.7 Å². The average Bonchev–Trinajstić information content (AvgIpc) is 3.26. The van der Waals surface area contributed by atoms with Gasteiger partial charge in [-0.25, -0.2) is 0 Å². The molecule has 7 heteroatoms. The van der Waals surface area contributed by atoms with Crippen LogP contribution in [-0.4, -0.2) is 62.1 Å². The first kappa shape index (κ1) is 18.4. The van der Waals surface area contributed by atoms with Crippen LogP contribution in [-0.2, 0) is 24.2 Å². The minimum atomic E-state index is 0.185. The molecule has 0 bridgehead atoms. The number of aromatic nitrogens is 4. The Morgan fingerprint density at radius 1 is 1.14 bits per heavy atom. The van der Waals surface area contributed by atoms with Gasteiger partial charge >= 0.3 is 0 Å². The van der Waals surface area contributed by atoms with Crippen molar-refractivity contribution in [1.29, 1.82) is 0 Å². The molecule has 2 aliphatic heterocycles. The van der Waals surface area contributed by atoms with Crippen LogP contribution in [0.5, 0.6) is 0 Å². The molecule has 7 nitrogen and oxygen atoms in total. The molecule has 0 unspecified atom stereocenters. The number of rotatable bonds is 3. The maximum atomic E-state index is 13.0. The standard InChI is InChI=1S/C22H28N6O/c1-26-10-5-4-8-19(26)22-25-24-20-9-11-27(12-13-28(20)22)21(29)14-16-15-23-18-7-3-2-6-17(16)18/h2-3,6-7,15,19,23H,4-5,8-14H2,1H3/t19-/m1/s1. The fourth-order valence-electron chi connectivity index (χ4n) is 4.80. The van der Waals surface area contributed by atoms with Gasteiger partial charge in [0.25, 0.3) is 0 Å². The van der Waals surface area contributed by atoms with Crippen molar-refractivity contribution in [1.82, 2.24) is 29.5 Å². The summed E-state index contributed by atoms with van der Waals surface area (Å²) in [5, 5.41) is 10.2. The predicted octanol–water partition coefficient (Wildman–Crippen LogP) is 2.54. The zero-order chi connectivity index (χ0) is 19.8. The molecule has 1 saturated heterocycles. The first-order valence-electron chi connectivity index (χ1n) is 10.7. The van der Waals surface area contributed by atoms with Crippen LogP contribution in [0.15, 0.2) is 30.5 Å². The van der Waals surface area contributed by atoms with Crippen LogP contribution >= 0.6 is 0 Å². The molecule has 152 valence electrons. The van der Waals surface area contributed by atoms with Gasteiger partial charge in [-0.3, -0.25) is 9.69 Å². The summed E-state index contributed by atoms with van der Waals surface area (Å²) in [4.78, 5) is 20.7. The number of aromatic amines is 1. The lowest BCUT2D eigenvalue weighted by Crippen LogP contribution is -2.35. The van der Waals surface area contributed by atoms with E-state index in [1.807, 2.05) is 29.3 Å². The van der Waals surface area contributed by atoms with Gasteiger partial charge in [0.2, 0.25) is 5.91 Å². The van der Waals surface area contributed by atoms with E-state index in [2.05, 4.69) is 37.8 Å². The lowest BCUT2D eigenvalue weighted by Gasteiger charge is -2.32. The number of para-hydroxylation sites is 1. The smallest absolute Gasteiger partial charge is 0.227 e. The maximum Gasteiger partial charge on any atom is 0.227 e. The van der Waals surface area contributed by atoms with Gasteiger partial charge in [0.05, 0.1) is 12.5 Å². The first-order valence-corrected chi connectivity index (χ1v) is 10.7. The van der Waals surface area contributed by atoms with Gasteiger partial charge in [0.1, 0.15) is 11.6 Å². The highest BCUT2D eigenvalue weighted by atomic mass is 16.2. The second-order valence-corrected chi connectivity index (χ2v) is 8.29. The zero-order valence-electron chi connectivity index (χ0n) is 17.0. The second kappa shape index (κ2) is 7.63. The van der Waals surface area contributed by atoms with E-state index in [-0.39, 0.29) is 5.91 Å². The van der Waals surface area contributed by atoms with Crippen molar-refractivity contribution < 1.29 is 4.79 Å². The van der Waals surface area contributed by atoms with Gasteiger partial charge in [0.15, 0.2) is 0 Å². The molecule has 0 spiro atoms. The summed E-state index contributed by atoms with van der Waals surface area (Å²) in [5.41, 5.74) is 2.15. The molecule has 1 fully saturated rings. The lowest BCUT2D eigenvalue weighted by atomic mass is 10.0. The molecule has 1 amide bonds. The number of benzene rings is 1. The fraction of sp³-hybridized carbons (Fsp3) is 0.500. The Labute approximate surface area is 170 Å². The van der Waals surface area contributed by atoms with Crippen LogP contribution in [0.3, 0.4) is 0 Å². The van der Waals surface area contributed by atoms with Gasteiger partial charge < -0.3 is 14.5 Å². The summed E-state index contributed by atoms with van der Waals surface area (Å²) >= 11 is 0. The SMILES string of the molecule is CN1CCCC[C@@H]1c1nnc2n1CCN(C(=O)Cc1c[nH]c3ccccc13)CC2. The summed E-state index contributed by atoms with van der Waals surface area (Å²) in [6.45, 7) is 3.32. The average molecular weight is 393 g/mol. The van der Waals surface area contributed by atoms with Gasteiger partial charge in [-0.1, -0.05) is 24.6 Å². The number of fused-ring (bicyclic) bond motifs is 2. The largest absolute Gasteiger partial charge is 0.361 e. The van der Waals surface area contributed by atoms with Crippen LogP contribution in [0.1, 0.15) is 42.5 Å². The molecule has 3 aromatic rings. The molecule has 29 heavy (non-hydrogen) atoms. The minimum Gasteiger partial charge on any atom is -0.361 e. The Kier molecular flexibility index (Phi) is 4.83. The van der Waals surface area contributed by atoms with E-state index in [0.717, 1.165) is 60.6 Å². The Hall–Kier alpha value is -2.67. The number of nitrogens with zero attached hydrogens (tertiary/aromatic N) is 5. The van der Waals surface area contributed by atoms with Gasteiger partial charge in [0, 0.05) is 43.2 Å². The van der Waals surface area contributed by atoms with Crippen LogP contribution < -0.4 is 0 Å². The van der Waals surface area contributed by atoms with Crippen LogP contribution in [0, 0.1) is 0 Å². The van der Waals surface area contributed by atoms with E-state index in [0.29, 0.717) is 19.0 Å². The lowest BCUT2D eigenvalue weighted by molar-refractivity contribution is -0.130. The number of likely N-dealkylation sites (tertiary alicyclic amines) is 1. The molecular formula is C22H28N6O. The van der Waals surface area contributed by atoms with Crippen molar-refractivity contribution in [3.8, 4) is 0 Å². The molecule has 0 radical (unpaired) electrons. The van der Waals surface area contributed by atoms with Gasteiger partial charge in [-0.2, -0.15) is 0 Å². The number of nitrogens with one attached hydrogen (secondary N) is 1. The molecule has 0 saturated carbocycles. The summed E-state index contributed by atoms with van der Waals surface area (Å²) < 4.78 is 2.27. The summed E-state index contributed by atoms with van der Waals surface area (Å²) in [6, 6.07) is 8.50. The highest BCUT2D eigenvalue weighted by Gasteiger charge is 2.29. The van der Waals surface area contributed by atoms with E-state index < -0.39 is 0 Å². The third kappa shape index (κ3) is 3.44. The Bertz CT molecular complexity index is 1020. The topological polar surface area (TPSA) is 70.1 Å². The quantitative estimate of drug-likeness (QED) is 0.744. The van der Waals surface area contributed by atoms with E-state index >= 15 is 0 Å². The Balaban J connectivity index is 1.30. The number of piperidine rings is 1. The van der Waals surface area contributed by atoms with Crippen molar-refractivity contribution in [2.24, 2.45) is 0 Å². The molecular weight excluding hydrogens is 364 g/mol. The highest BCUT2D eigenvalue weighted by Crippen LogP contribution is 2.29. The monoisotopic (exact) mass is 392 g/mol. The van der Waals surface area contributed by atoms with Gasteiger partial charge in [-0.05, 0) is 38.1 Å². The van der Waals surface area contributed by atoms with Crippen molar-refractivity contribution in [3.63, 3.8) is 0 Å². The number of carbonyl (C=O) groups excluding carboxylic acids is 1. The van der Waals surface area contributed by atoms with E-state index in [4.69, 9.17) is 0 Å². The molecule has 4 heterocycles. The maximum absolute atomic E-state index is 13.0. The summed E-state index contributed by atoms with van der Waals surface area (Å²) in [5.74, 6) is 2.28. The summed E-state index contributed by atoms with van der Waals surface area (Å²) in [6.07, 6.45) is 6.80. The van der Waals surface area contributed by atoms with Gasteiger partial charge in [-0.15, -0.1) is 10.2 Å². The molecule has 2 aromatic heterocycles. The third-order valence-electron chi connectivity index (χ3n) is 6.49. The third-order valence-corrected chi connectivity index (χ3v) is 6.49. The molecule has 1 N–H and O–H groups in total. The van der Waals surface area contributed by atoms with E-state index in [1.54, 1.807) is 0 Å². The molecule has 1 atom stereocenters. The molecule has 2 aliphatic rings. The number of hydrogen-bond donors (Lipinski definition) is 1. The van der Waals surface area contributed by atoms with Crippen LogP contribution in [0.4, 0.5) is 0 Å². The van der Waals surface area contributed by atoms with Crippen molar-refractivity contribution in [2.75, 3.05) is 26.7 Å². The minimum absolute atomic E-state index is 0.185. The second-order valence-electron chi connectivity index (χ2n) is 8.29. The zero-order valence-corrected chi connectivity index (χ0v) is 17.0. The van der Waals surface area contributed by atoms with E-state index in [1.165, 1.54) is 12.8 Å². The predicted molar refractivity (Wildman–Crippen MR) is 112 cm³/mol. The number of amides is 1. The summed E-state index contributed by atoms with van der Waals surface area (Å²) in [7, 11) is 2.18. The fourth-order valence-corrected chi connectivity index (χ4v) is 4.80. The van der Waals surface area contributed by atoms with Crippen molar-refractivity contribution >= 4 is 16.8 Å². The van der Waals surface area contributed by atoms with Crippen LogP contribution in [0.2, 0.25) is 0 Å². The Morgan fingerprint density at radius 2 is 2.03 bits per heavy atom.